The van der Waals surface area contributed by atoms with E-state index in [1.807, 2.05) is 0 Å². The topological polar surface area (TPSA) is 54.7 Å². The van der Waals surface area contributed by atoms with Gasteiger partial charge in [0.1, 0.15) is 5.82 Å². The molecular formula is C15H23N3. The number of aromatic nitrogens is 2. The molecule has 3 heteroatoms. The average molecular weight is 245 g/mol. The Balaban J connectivity index is 1.59. The predicted octanol–water partition coefficient (Wildman–Crippen LogP) is 2.92. The van der Waals surface area contributed by atoms with E-state index in [4.69, 9.17) is 5.73 Å². The molecule has 0 aromatic carbocycles. The van der Waals surface area contributed by atoms with Crippen molar-refractivity contribution in [2.75, 3.05) is 5.73 Å². The highest BCUT2D eigenvalue weighted by atomic mass is 15.2. The van der Waals surface area contributed by atoms with Crippen LogP contribution in [0.3, 0.4) is 0 Å². The average Bonchev–Trinajstić information content (AvgIpc) is 2.64. The monoisotopic (exact) mass is 245 g/mol. The summed E-state index contributed by atoms with van der Waals surface area (Å²) in [4.78, 5) is 0. The van der Waals surface area contributed by atoms with Gasteiger partial charge in [0.05, 0.1) is 0 Å². The first-order valence-electron chi connectivity index (χ1n) is 7.50. The molecule has 3 nitrogen and oxygen atoms in total. The van der Waals surface area contributed by atoms with E-state index in [9.17, 15) is 0 Å². The molecule has 1 heterocycles. The Morgan fingerprint density at radius 2 is 1.72 bits per heavy atom. The number of hydrogen-bond acceptors (Lipinski definition) is 2. The summed E-state index contributed by atoms with van der Waals surface area (Å²) in [5, 5.41) is 7.19. The lowest BCUT2D eigenvalue weighted by Crippen LogP contribution is -2.45. The van der Waals surface area contributed by atoms with Crippen molar-refractivity contribution < 1.29 is 0 Å². The number of nitrogens with one attached hydrogen (secondary N) is 1. The molecule has 0 saturated heterocycles. The summed E-state index contributed by atoms with van der Waals surface area (Å²) in [7, 11) is 0. The van der Waals surface area contributed by atoms with Crippen LogP contribution in [0.25, 0.3) is 0 Å². The third-order valence-corrected chi connectivity index (χ3v) is 5.97. The smallest absolute Gasteiger partial charge is 0.148 e. The lowest BCUT2D eigenvalue weighted by molar-refractivity contribution is -0.0359. The van der Waals surface area contributed by atoms with Crippen molar-refractivity contribution in [2.24, 2.45) is 29.6 Å². The van der Waals surface area contributed by atoms with Crippen LogP contribution in [0.1, 0.15) is 43.4 Å². The molecule has 0 unspecified atom stereocenters. The van der Waals surface area contributed by atoms with Crippen LogP contribution < -0.4 is 5.73 Å². The van der Waals surface area contributed by atoms with E-state index in [2.05, 4.69) is 17.1 Å². The van der Waals surface area contributed by atoms with Crippen molar-refractivity contribution in [1.29, 1.82) is 0 Å². The highest BCUT2D eigenvalue weighted by molar-refractivity contribution is 5.42. The van der Waals surface area contributed by atoms with E-state index in [0.29, 0.717) is 0 Å². The first-order chi connectivity index (χ1) is 8.70. The summed E-state index contributed by atoms with van der Waals surface area (Å²) in [5.41, 5.74) is 8.48. The van der Waals surface area contributed by atoms with Gasteiger partial charge in [0.25, 0.3) is 0 Å². The molecule has 1 aromatic heterocycles. The zero-order valence-corrected chi connectivity index (χ0v) is 11.2. The van der Waals surface area contributed by atoms with E-state index in [1.165, 1.54) is 49.8 Å². The lowest BCUT2D eigenvalue weighted by Gasteiger charge is -2.54. The number of aryl methyl sites for hydroxylation is 1. The molecule has 0 amide bonds. The molecule has 4 saturated carbocycles. The van der Waals surface area contributed by atoms with Gasteiger partial charge in [0, 0.05) is 11.3 Å². The van der Waals surface area contributed by atoms with Gasteiger partial charge in [-0.2, -0.15) is 5.10 Å². The molecular weight excluding hydrogens is 222 g/mol. The number of anilines is 1. The van der Waals surface area contributed by atoms with Gasteiger partial charge in [-0.05, 0) is 75.0 Å². The quantitative estimate of drug-likeness (QED) is 0.841. The Hall–Kier alpha value is -0.990. The van der Waals surface area contributed by atoms with Crippen molar-refractivity contribution in [3.05, 3.63) is 11.3 Å². The zero-order chi connectivity index (χ0) is 12.3. The Morgan fingerprint density at radius 1 is 1.11 bits per heavy atom. The van der Waals surface area contributed by atoms with Crippen molar-refractivity contribution >= 4 is 5.82 Å². The van der Waals surface area contributed by atoms with Gasteiger partial charge in [-0.1, -0.05) is 0 Å². The molecule has 3 N–H and O–H groups in total. The highest BCUT2D eigenvalue weighted by Gasteiger charge is 2.48. The Morgan fingerprint density at radius 3 is 2.22 bits per heavy atom. The maximum Gasteiger partial charge on any atom is 0.148 e. The fourth-order valence-electron chi connectivity index (χ4n) is 5.34. The third kappa shape index (κ3) is 1.52. The van der Waals surface area contributed by atoms with Crippen LogP contribution in [0, 0.1) is 36.5 Å². The Bertz CT molecular complexity index is 415. The highest BCUT2D eigenvalue weighted by Crippen LogP contribution is 2.57. The molecule has 4 bridgehead atoms. The van der Waals surface area contributed by atoms with Gasteiger partial charge >= 0.3 is 0 Å². The minimum Gasteiger partial charge on any atom is -0.382 e. The number of rotatable bonds is 2. The fourth-order valence-corrected chi connectivity index (χ4v) is 5.34. The summed E-state index contributed by atoms with van der Waals surface area (Å²) in [6, 6.07) is 0. The van der Waals surface area contributed by atoms with Crippen molar-refractivity contribution in [2.45, 2.75) is 45.4 Å². The molecule has 4 fully saturated rings. The Labute approximate surface area is 109 Å². The number of nitrogen functional groups attached to an aromatic ring is 1. The molecule has 4 aliphatic carbocycles. The van der Waals surface area contributed by atoms with Gasteiger partial charge in [-0.3, -0.25) is 5.10 Å². The van der Waals surface area contributed by atoms with Crippen LogP contribution >= 0.6 is 0 Å². The molecule has 98 valence electrons. The second-order valence-corrected chi connectivity index (χ2v) is 7.01. The maximum absolute atomic E-state index is 6.00. The molecule has 5 rings (SSSR count). The number of nitrogens with zero attached hydrogens (tertiary/aromatic N) is 1. The van der Waals surface area contributed by atoms with Crippen LogP contribution in [-0.2, 0) is 6.42 Å². The fraction of sp³-hybridized carbons (Fsp3) is 0.800. The van der Waals surface area contributed by atoms with Crippen LogP contribution in [0.2, 0.25) is 0 Å². The lowest BCUT2D eigenvalue weighted by atomic mass is 9.51. The van der Waals surface area contributed by atoms with Crippen LogP contribution in [0.4, 0.5) is 5.82 Å². The van der Waals surface area contributed by atoms with Crippen molar-refractivity contribution in [1.82, 2.24) is 10.2 Å². The summed E-state index contributed by atoms with van der Waals surface area (Å²) in [6.07, 6.45) is 8.68. The minimum atomic E-state index is 0.737. The van der Waals surface area contributed by atoms with Crippen LogP contribution in [0.5, 0.6) is 0 Å². The first-order valence-corrected chi connectivity index (χ1v) is 7.50. The number of hydrogen-bond donors (Lipinski definition) is 2. The van der Waals surface area contributed by atoms with E-state index in [1.54, 1.807) is 0 Å². The van der Waals surface area contributed by atoms with Gasteiger partial charge in [0.2, 0.25) is 0 Å². The summed E-state index contributed by atoms with van der Waals surface area (Å²) >= 11 is 0. The van der Waals surface area contributed by atoms with Gasteiger partial charge in [-0.15, -0.1) is 0 Å². The van der Waals surface area contributed by atoms with Crippen LogP contribution in [-0.4, -0.2) is 10.2 Å². The summed E-state index contributed by atoms with van der Waals surface area (Å²) in [5.74, 6) is 5.71. The molecule has 0 spiro atoms. The standard InChI is InChI=1S/C15H23N3/c1-8-13(15(16)18-17-8)7-14-11-3-9-2-10(5-11)6-12(14)4-9/h9-12,14H,2-7H2,1H3,(H3,16,17,18). The van der Waals surface area contributed by atoms with Crippen LogP contribution in [0.15, 0.2) is 0 Å². The first kappa shape index (κ1) is 10.9. The van der Waals surface area contributed by atoms with Crippen molar-refractivity contribution in [3.63, 3.8) is 0 Å². The molecule has 0 radical (unpaired) electrons. The normalized spacial score (nSPS) is 41.5. The summed E-state index contributed by atoms with van der Waals surface area (Å²) < 4.78 is 0. The Kier molecular flexibility index (Phi) is 2.27. The molecule has 0 aliphatic heterocycles. The SMILES string of the molecule is Cc1[nH]nc(N)c1CC1C2CC3CC(C2)CC1C3. The van der Waals surface area contributed by atoms with Gasteiger partial charge in [0.15, 0.2) is 0 Å². The van der Waals surface area contributed by atoms with E-state index < -0.39 is 0 Å². The van der Waals surface area contributed by atoms with Crippen molar-refractivity contribution in [3.8, 4) is 0 Å². The minimum absolute atomic E-state index is 0.737. The third-order valence-electron chi connectivity index (χ3n) is 5.97. The predicted molar refractivity (Wildman–Crippen MR) is 72.0 cm³/mol. The van der Waals surface area contributed by atoms with Gasteiger partial charge < -0.3 is 5.73 Å². The largest absolute Gasteiger partial charge is 0.382 e. The molecule has 18 heavy (non-hydrogen) atoms. The van der Waals surface area contributed by atoms with E-state index >= 15 is 0 Å². The second-order valence-electron chi connectivity index (χ2n) is 7.01. The molecule has 4 aliphatic rings. The van der Waals surface area contributed by atoms with E-state index in [0.717, 1.165) is 35.4 Å². The second kappa shape index (κ2) is 3.75. The molecule has 1 aromatic rings. The number of nitrogens with two attached hydrogens (primary N) is 1. The zero-order valence-electron chi connectivity index (χ0n) is 11.2. The number of aromatic amines is 1. The maximum atomic E-state index is 6.00. The molecule has 0 atom stereocenters. The number of H-pyrrole nitrogens is 1. The summed E-state index contributed by atoms with van der Waals surface area (Å²) in [6.45, 7) is 2.11. The van der Waals surface area contributed by atoms with Gasteiger partial charge in [-0.25, -0.2) is 0 Å². The van der Waals surface area contributed by atoms with E-state index in [-0.39, 0.29) is 0 Å².